The smallest absolute Gasteiger partial charge is 0.328 e. The number of aryl methyl sites for hydroxylation is 1. The molecule has 0 aliphatic heterocycles. The molecule has 28 heavy (non-hydrogen) atoms. The Morgan fingerprint density at radius 2 is 1.96 bits per heavy atom. The van der Waals surface area contributed by atoms with Gasteiger partial charge >= 0.3 is 5.69 Å². The van der Waals surface area contributed by atoms with Gasteiger partial charge < -0.3 is 9.51 Å². The monoisotopic (exact) mass is 376 g/mol. The van der Waals surface area contributed by atoms with E-state index in [1.807, 2.05) is 38.1 Å². The molecule has 0 aliphatic carbocycles. The Morgan fingerprint density at radius 1 is 1.14 bits per heavy atom. The van der Waals surface area contributed by atoms with E-state index in [1.54, 1.807) is 18.2 Å². The third-order valence-electron chi connectivity index (χ3n) is 4.78. The number of hydrogen-bond acceptors (Lipinski definition) is 5. The van der Waals surface area contributed by atoms with E-state index in [-0.39, 0.29) is 5.56 Å². The highest BCUT2D eigenvalue weighted by Crippen LogP contribution is 2.25. The third kappa shape index (κ3) is 3.15. The van der Waals surface area contributed by atoms with E-state index in [1.165, 1.54) is 4.57 Å². The largest absolute Gasteiger partial charge is 0.334 e. The molecule has 7 heteroatoms. The van der Waals surface area contributed by atoms with Crippen LogP contribution in [0, 0.1) is 6.92 Å². The fourth-order valence-electron chi connectivity index (χ4n) is 3.18. The van der Waals surface area contributed by atoms with Gasteiger partial charge in [0.05, 0.1) is 10.9 Å². The van der Waals surface area contributed by atoms with E-state index < -0.39 is 5.69 Å². The van der Waals surface area contributed by atoms with E-state index in [2.05, 4.69) is 15.1 Å². The second-order valence-electron chi connectivity index (χ2n) is 6.74. The summed E-state index contributed by atoms with van der Waals surface area (Å²) in [5, 5.41) is 4.52. The van der Waals surface area contributed by atoms with Gasteiger partial charge in [0.2, 0.25) is 5.82 Å². The van der Waals surface area contributed by atoms with E-state index >= 15 is 0 Å². The number of unbranched alkanes of at least 4 members (excludes halogenated alkanes) is 1. The standard InChI is InChI=1S/C21H20N4O3/c1-3-4-11-25-20(26)16-10-9-14(12-17(16)22-21(25)27)19-23-18(24-28-19)15-8-6-5-7-13(15)2/h5-10,12H,3-4,11H2,1-2H3,(H,22,27). The van der Waals surface area contributed by atoms with E-state index in [4.69, 9.17) is 4.52 Å². The molecule has 0 unspecified atom stereocenters. The fraction of sp³-hybridized carbons (Fsp3) is 0.238. The average Bonchev–Trinajstić information content (AvgIpc) is 3.18. The molecule has 2 aromatic carbocycles. The van der Waals surface area contributed by atoms with Gasteiger partial charge in [-0.15, -0.1) is 0 Å². The first-order chi connectivity index (χ1) is 13.6. The number of fused-ring (bicyclic) bond motifs is 1. The molecule has 0 fully saturated rings. The maximum absolute atomic E-state index is 12.6. The van der Waals surface area contributed by atoms with Crippen molar-refractivity contribution in [1.29, 1.82) is 0 Å². The zero-order valence-electron chi connectivity index (χ0n) is 15.7. The summed E-state index contributed by atoms with van der Waals surface area (Å²) in [4.78, 5) is 32.2. The van der Waals surface area contributed by atoms with Crippen LogP contribution in [0.2, 0.25) is 0 Å². The number of aromatic nitrogens is 4. The molecule has 0 saturated carbocycles. The molecule has 4 aromatic rings. The summed E-state index contributed by atoms with van der Waals surface area (Å²) in [6.07, 6.45) is 1.68. The molecule has 0 spiro atoms. The zero-order chi connectivity index (χ0) is 19.7. The van der Waals surface area contributed by atoms with Gasteiger partial charge in [-0.2, -0.15) is 4.98 Å². The first kappa shape index (κ1) is 17.9. The SMILES string of the molecule is CCCCn1c(=O)[nH]c2cc(-c3nc(-c4ccccc4C)no3)ccc2c1=O. The molecule has 0 bridgehead atoms. The minimum absolute atomic E-state index is 0.287. The number of aromatic amines is 1. The van der Waals surface area contributed by atoms with Gasteiger partial charge in [0.1, 0.15) is 0 Å². The first-order valence-electron chi connectivity index (χ1n) is 9.25. The van der Waals surface area contributed by atoms with Gasteiger partial charge in [-0.1, -0.05) is 42.8 Å². The maximum atomic E-state index is 12.6. The van der Waals surface area contributed by atoms with E-state index in [9.17, 15) is 9.59 Å². The lowest BCUT2D eigenvalue weighted by atomic mass is 10.1. The Balaban J connectivity index is 1.76. The van der Waals surface area contributed by atoms with Crippen LogP contribution in [0.5, 0.6) is 0 Å². The molecular weight excluding hydrogens is 356 g/mol. The topological polar surface area (TPSA) is 93.8 Å². The highest BCUT2D eigenvalue weighted by atomic mass is 16.5. The minimum atomic E-state index is -0.408. The van der Waals surface area contributed by atoms with Crippen LogP contribution < -0.4 is 11.2 Å². The molecule has 0 aliphatic rings. The molecule has 0 amide bonds. The van der Waals surface area contributed by atoms with Crippen LogP contribution in [0.1, 0.15) is 25.3 Å². The summed E-state index contributed by atoms with van der Waals surface area (Å²) < 4.78 is 6.65. The van der Waals surface area contributed by atoms with Crippen LogP contribution in [0.3, 0.4) is 0 Å². The lowest BCUT2D eigenvalue weighted by Crippen LogP contribution is -2.35. The van der Waals surface area contributed by atoms with Gasteiger partial charge in [0.15, 0.2) is 0 Å². The van der Waals surface area contributed by atoms with E-state index in [0.29, 0.717) is 34.7 Å². The lowest BCUT2D eigenvalue weighted by Gasteiger charge is -2.06. The Bertz CT molecular complexity index is 1270. The van der Waals surface area contributed by atoms with Crippen molar-refractivity contribution in [1.82, 2.24) is 19.7 Å². The van der Waals surface area contributed by atoms with E-state index in [0.717, 1.165) is 24.0 Å². The van der Waals surface area contributed by atoms with Crippen LogP contribution in [0.4, 0.5) is 0 Å². The molecule has 0 saturated heterocycles. The van der Waals surface area contributed by atoms with Crippen molar-refractivity contribution in [2.75, 3.05) is 0 Å². The van der Waals surface area contributed by atoms with Crippen LogP contribution >= 0.6 is 0 Å². The molecule has 0 radical (unpaired) electrons. The Kier molecular flexibility index (Phi) is 4.65. The highest BCUT2D eigenvalue weighted by molar-refractivity contribution is 5.82. The lowest BCUT2D eigenvalue weighted by molar-refractivity contribution is 0.432. The van der Waals surface area contributed by atoms with Crippen LogP contribution in [0.15, 0.2) is 56.6 Å². The molecule has 2 heterocycles. The Morgan fingerprint density at radius 3 is 2.75 bits per heavy atom. The van der Waals surface area contributed by atoms with Crippen molar-refractivity contribution in [3.8, 4) is 22.8 Å². The summed E-state index contributed by atoms with van der Waals surface area (Å²) in [5.74, 6) is 0.827. The number of rotatable bonds is 5. The van der Waals surface area contributed by atoms with Crippen molar-refractivity contribution in [3.63, 3.8) is 0 Å². The summed E-state index contributed by atoms with van der Waals surface area (Å²) >= 11 is 0. The van der Waals surface area contributed by atoms with Gasteiger partial charge in [0, 0.05) is 17.7 Å². The summed E-state index contributed by atoms with van der Waals surface area (Å²) in [6.45, 7) is 4.41. The number of H-pyrrole nitrogens is 1. The Hall–Kier alpha value is -3.48. The predicted octanol–water partition coefficient (Wildman–Crippen LogP) is 3.52. The van der Waals surface area contributed by atoms with Gasteiger partial charge in [-0.25, -0.2) is 4.79 Å². The second-order valence-corrected chi connectivity index (χ2v) is 6.74. The minimum Gasteiger partial charge on any atom is -0.334 e. The molecular formula is C21H20N4O3. The highest BCUT2D eigenvalue weighted by Gasteiger charge is 2.14. The molecule has 142 valence electrons. The predicted molar refractivity (Wildman–Crippen MR) is 107 cm³/mol. The van der Waals surface area contributed by atoms with Crippen LogP contribution in [-0.2, 0) is 6.54 Å². The van der Waals surface area contributed by atoms with Crippen molar-refractivity contribution >= 4 is 10.9 Å². The second kappa shape index (κ2) is 7.26. The molecule has 0 atom stereocenters. The van der Waals surface area contributed by atoms with Crippen molar-refractivity contribution in [2.45, 2.75) is 33.2 Å². The number of nitrogens with zero attached hydrogens (tertiary/aromatic N) is 3. The number of benzene rings is 2. The quantitative estimate of drug-likeness (QED) is 0.575. The summed E-state index contributed by atoms with van der Waals surface area (Å²) in [7, 11) is 0. The zero-order valence-corrected chi connectivity index (χ0v) is 15.7. The molecule has 4 rings (SSSR count). The average molecular weight is 376 g/mol. The van der Waals surface area contributed by atoms with Gasteiger partial charge in [-0.3, -0.25) is 9.36 Å². The van der Waals surface area contributed by atoms with Gasteiger partial charge in [-0.05, 0) is 37.1 Å². The number of nitrogens with one attached hydrogen (secondary N) is 1. The van der Waals surface area contributed by atoms with Crippen LogP contribution in [0.25, 0.3) is 33.7 Å². The van der Waals surface area contributed by atoms with Gasteiger partial charge in [0.25, 0.3) is 11.4 Å². The summed E-state index contributed by atoms with van der Waals surface area (Å²) in [6, 6.07) is 12.9. The Labute approximate surface area is 160 Å². The van der Waals surface area contributed by atoms with Crippen LogP contribution in [-0.4, -0.2) is 19.7 Å². The normalized spacial score (nSPS) is 11.2. The summed E-state index contributed by atoms with van der Waals surface area (Å²) in [5.41, 5.74) is 2.34. The fourth-order valence-corrected chi connectivity index (χ4v) is 3.18. The molecule has 7 nitrogen and oxygen atoms in total. The first-order valence-corrected chi connectivity index (χ1v) is 9.25. The van der Waals surface area contributed by atoms with Crippen molar-refractivity contribution in [3.05, 3.63) is 68.9 Å². The van der Waals surface area contributed by atoms with Crippen molar-refractivity contribution in [2.24, 2.45) is 0 Å². The third-order valence-corrected chi connectivity index (χ3v) is 4.78. The maximum Gasteiger partial charge on any atom is 0.328 e. The molecule has 1 N–H and O–H groups in total. The van der Waals surface area contributed by atoms with Crippen molar-refractivity contribution < 1.29 is 4.52 Å². The number of hydrogen-bond donors (Lipinski definition) is 1. The molecule has 2 aromatic heterocycles.